The number of ether oxygens (including phenoxy) is 1. The molecule has 0 saturated heterocycles. The standard InChI is InChI=1S/C14H24N2O2S/c1-4-6-12(13-7-5-8-19-13)15-9-14(17)16-11(2)10-18-3/h5,7-8,11-12,15H,4,6,9-10H2,1-3H3,(H,16,17). The molecule has 2 unspecified atom stereocenters. The molecule has 2 N–H and O–H groups in total. The van der Waals surface area contributed by atoms with Crippen molar-refractivity contribution < 1.29 is 9.53 Å². The van der Waals surface area contributed by atoms with Gasteiger partial charge in [-0.2, -0.15) is 0 Å². The number of methoxy groups -OCH3 is 1. The van der Waals surface area contributed by atoms with Crippen molar-refractivity contribution in [2.75, 3.05) is 20.3 Å². The van der Waals surface area contributed by atoms with E-state index in [4.69, 9.17) is 4.74 Å². The molecule has 0 aromatic carbocycles. The van der Waals surface area contributed by atoms with Crippen LogP contribution in [-0.4, -0.2) is 32.2 Å². The molecule has 5 heteroatoms. The topological polar surface area (TPSA) is 50.4 Å². The Morgan fingerprint density at radius 1 is 1.53 bits per heavy atom. The minimum atomic E-state index is 0.0159. The second-order valence-electron chi connectivity index (χ2n) is 4.66. The number of amides is 1. The average molecular weight is 284 g/mol. The first-order chi connectivity index (χ1) is 9.17. The highest BCUT2D eigenvalue weighted by molar-refractivity contribution is 7.10. The van der Waals surface area contributed by atoms with Gasteiger partial charge in [-0.15, -0.1) is 11.3 Å². The third-order valence-corrected chi connectivity index (χ3v) is 3.78. The molecular formula is C14H24N2O2S. The summed E-state index contributed by atoms with van der Waals surface area (Å²) in [7, 11) is 1.63. The summed E-state index contributed by atoms with van der Waals surface area (Å²) >= 11 is 1.73. The summed E-state index contributed by atoms with van der Waals surface area (Å²) in [6.07, 6.45) is 2.14. The Hall–Kier alpha value is -0.910. The largest absolute Gasteiger partial charge is 0.383 e. The normalized spacial score (nSPS) is 14.1. The van der Waals surface area contributed by atoms with Gasteiger partial charge in [0.1, 0.15) is 0 Å². The number of hydrogen-bond acceptors (Lipinski definition) is 4. The van der Waals surface area contributed by atoms with Crippen LogP contribution in [0.1, 0.15) is 37.6 Å². The van der Waals surface area contributed by atoms with Gasteiger partial charge in [-0.05, 0) is 24.8 Å². The molecule has 0 spiro atoms. The quantitative estimate of drug-likeness (QED) is 0.732. The van der Waals surface area contributed by atoms with Gasteiger partial charge < -0.3 is 15.4 Å². The zero-order chi connectivity index (χ0) is 14.1. The Bertz CT molecular complexity index is 354. The van der Waals surface area contributed by atoms with E-state index in [0.29, 0.717) is 13.2 Å². The van der Waals surface area contributed by atoms with Gasteiger partial charge in [0.25, 0.3) is 0 Å². The lowest BCUT2D eigenvalue weighted by Crippen LogP contribution is -2.41. The minimum absolute atomic E-state index is 0.0159. The van der Waals surface area contributed by atoms with Gasteiger partial charge >= 0.3 is 0 Å². The fraction of sp³-hybridized carbons (Fsp3) is 0.643. The summed E-state index contributed by atoms with van der Waals surface area (Å²) < 4.78 is 4.99. The van der Waals surface area contributed by atoms with Crippen molar-refractivity contribution in [3.05, 3.63) is 22.4 Å². The molecule has 0 aliphatic carbocycles. The average Bonchev–Trinajstić information content (AvgIpc) is 2.88. The zero-order valence-electron chi connectivity index (χ0n) is 11.9. The van der Waals surface area contributed by atoms with Gasteiger partial charge in [0.2, 0.25) is 5.91 Å². The molecule has 1 aromatic rings. The van der Waals surface area contributed by atoms with Gasteiger partial charge in [-0.3, -0.25) is 4.79 Å². The summed E-state index contributed by atoms with van der Waals surface area (Å²) in [6.45, 7) is 4.97. The van der Waals surface area contributed by atoms with E-state index in [-0.39, 0.29) is 18.0 Å². The van der Waals surface area contributed by atoms with E-state index in [1.54, 1.807) is 18.4 Å². The van der Waals surface area contributed by atoms with E-state index in [9.17, 15) is 4.79 Å². The molecule has 108 valence electrons. The summed E-state index contributed by atoms with van der Waals surface area (Å²) in [5.41, 5.74) is 0. The Kier molecular flexibility index (Phi) is 7.70. The fourth-order valence-corrected chi connectivity index (χ4v) is 2.79. The van der Waals surface area contributed by atoms with E-state index < -0.39 is 0 Å². The van der Waals surface area contributed by atoms with Crippen molar-refractivity contribution in [1.29, 1.82) is 0 Å². The molecule has 19 heavy (non-hydrogen) atoms. The van der Waals surface area contributed by atoms with Crippen LogP contribution < -0.4 is 10.6 Å². The van der Waals surface area contributed by atoms with E-state index >= 15 is 0 Å². The lowest BCUT2D eigenvalue weighted by atomic mass is 10.1. The highest BCUT2D eigenvalue weighted by atomic mass is 32.1. The van der Waals surface area contributed by atoms with Crippen molar-refractivity contribution >= 4 is 17.2 Å². The minimum Gasteiger partial charge on any atom is -0.383 e. The van der Waals surface area contributed by atoms with Gasteiger partial charge in [-0.25, -0.2) is 0 Å². The number of rotatable bonds is 9. The van der Waals surface area contributed by atoms with Gasteiger partial charge in [-0.1, -0.05) is 19.4 Å². The van der Waals surface area contributed by atoms with Crippen molar-refractivity contribution in [1.82, 2.24) is 10.6 Å². The summed E-state index contributed by atoms with van der Waals surface area (Å²) in [5, 5.41) is 8.30. The van der Waals surface area contributed by atoms with Crippen LogP contribution in [0.2, 0.25) is 0 Å². The third kappa shape index (κ3) is 6.18. The smallest absolute Gasteiger partial charge is 0.234 e. The first-order valence-electron chi connectivity index (χ1n) is 6.72. The Morgan fingerprint density at radius 3 is 2.89 bits per heavy atom. The Morgan fingerprint density at radius 2 is 2.32 bits per heavy atom. The summed E-state index contributed by atoms with van der Waals surface area (Å²) in [5.74, 6) is 0.0159. The van der Waals surface area contributed by atoms with E-state index in [1.165, 1.54) is 4.88 Å². The molecule has 1 heterocycles. The SMILES string of the molecule is CCCC(NCC(=O)NC(C)COC)c1cccs1. The molecule has 0 aliphatic rings. The Balaban J connectivity index is 2.37. The van der Waals surface area contributed by atoms with Crippen LogP contribution in [-0.2, 0) is 9.53 Å². The van der Waals surface area contributed by atoms with Crippen LogP contribution in [0.4, 0.5) is 0 Å². The van der Waals surface area contributed by atoms with Gasteiger partial charge in [0, 0.05) is 24.1 Å². The van der Waals surface area contributed by atoms with E-state index in [2.05, 4.69) is 29.0 Å². The summed E-state index contributed by atoms with van der Waals surface area (Å²) in [6, 6.07) is 4.48. The van der Waals surface area contributed by atoms with Crippen molar-refractivity contribution in [3.8, 4) is 0 Å². The number of carbonyl (C=O) groups excluding carboxylic acids is 1. The monoisotopic (exact) mass is 284 g/mol. The highest BCUT2D eigenvalue weighted by Gasteiger charge is 2.13. The second kappa shape index (κ2) is 9.07. The molecule has 0 radical (unpaired) electrons. The highest BCUT2D eigenvalue weighted by Crippen LogP contribution is 2.22. The first kappa shape index (κ1) is 16.1. The lowest BCUT2D eigenvalue weighted by molar-refractivity contribution is -0.121. The zero-order valence-corrected chi connectivity index (χ0v) is 12.8. The Labute approximate surface area is 119 Å². The van der Waals surface area contributed by atoms with Gasteiger partial charge in [0.15, 0.2) is 0 Å². The van der Waals surface area contributed by atoms with Crippen LogP contribution in [0, 0.1) is 0 Å². The predicted molar refractivity (Wildman–Crippen MR) is 79.5 cm³/mol. The third-order valence-electron chi connectivity index (χ3n) is 2.80. The number of nitrogens with one attached hydrogen (secondary N) is 2. The molecule has 0 bridgehead atoms. The maximum atomic E-state index is 11.8. The van der Waals surface area contributed by atoms with E-state index in [1.807, 2.05) is 13.0 Å². The van der Waals surface area contributed by atoms with Crippen LogP contribution in [0.15, 0.2) is 17.5 Å². The molecule has 0 aliphatic heterocycles. The van der Waals surface area contributed by atoms with Crippen molar-refractivity contribution in [3.63, 3.8) is 0 Å². The molecule has 0 saturated carbocycles. The molecular weight excluding hydrogens is 260 g/mol. The van der Waals surface area contributed by atoms with Crippen LogP contribution in [0.3, 0.4) is 0 Å². The molecule has 4 nitrogen and oxygen atoms in total. The maximum absolute atomic E-state index is 11.8. The van der Waals surface area contributed by atoms with Crippen LogP contribution >= 0.6 is 11.3 Å². The molecule has 0 fully saturated rings. The van der Waals surface area contributed by atoms with Crippen LogP contribution in [0.25, 0.3) is 0 Å². The maximum Gasteiger partial charge on any atom is 0.234 e. The lowest BCUT2D eigenvalue weighted by Gasteiger charge is -2.18. The first-order valence-corrected chi connectivity index (χ1v) is 7.60. The predicted octanol–water partition coefficient (Wildman–Crippen LogP) is 2.33. The van der Waals surface area contributed by atoms with Crippen molar-refractivity contribution in [2.24, 2.45) is 0 Å². The van der Waals surface area contributed by atoms with Gasteiger partial charge in [0.05, 0.1) is 13.2 Å². The number of hydrogen-bond donors (Lipinski definition) is 2. The number of carbonyl (C=O) groups is 1. The fourth-order valence-electron chi connectivity index (χ4n) is 1.96. The summed E-state index contributed by atoms with van der Waals surface area (Å²) in [4.78, 5) is 13.1. The molecule has 1 aromatic heterocycles. The number of thiophene rings is 1. The van der Waals surface area contributed by atoms with Crippen LogP contribution in [0.5, 0.6) is 0 Å². The molecule has 2 atom stereocenters. The molecule has 1 amide bonds. The second-order valence-corrected chi connectivity index (χ2v) is 5.64. The van der Waals surface area contributed by atoms with E-state index in [0.717, 1.165) is 12.8 Å². The van der Waals surface area contributed by atoms with Crippen molar-refractivity contribution in [2.45, 2.75) is 38.8 Å². The molecule has 1 rings (SSSR count).